The summed E-state index contributed by atoms with van der Waals surface area (Å²) in [6.07, 6.45) is 28.0. The maximum absolute atomic E-state index is 8.99. The van der Waals surface area contributed by atoms with E-state index in [0.717, 1.165) is 210 Å². The van der Waals surface area contributed by atoms with E-state index in [4.69, 9.17) is 100 Å². The monoisotopic (exact) mass is 1730 g/mol. The first-order valence-electron chi connectivity index (χ1n) is 45.4. The van der Waals surface area contributed by atoms with Crippen LogP contribution in [0.3, 0.4) is 0 Å². The van der Waals surface area contributed by atoms with E-state index >= 15 is 0 Å². The molecule has 0 bridgehead atoms. The topological polar surface area (TPSA) is 228 Å². The Bertz CT molecular complexity index is 4190. The lowest BCUT2D eigenvalue weighted by molar-refractivity contribution is -0.0257. The van der Waals surface area contributed by atoms with Gasteiger partial charge in [-0.25, -0.2) is 0 Å². The number of rotatable bonds is 33. The van der Waals surface area contributed by atoms with Gasteiger partial charge in [0.15, 0.2) is 34.5 Å². The van der Waals surface area contributed by atoms with Crippen LogP contribution in [0.25, 0.3) is 22.3 Å². The quantitative estimate of drug-likeness (QED) is 0.0198. The molecule has 3 N–H and O–H groups in total. The molecule has 0 saturated carbocycles. The van der Waals surface area contributed by atoms with Crippen LogP contribution in [-0.4, -0.2) is 216 Å². The maximum Gasteiger partial charge on any atom is 0.203 e. The van der Waals surface area contributed by atoms with E-state index in [9.17, 15) is 0 Å². The van der Waals surface area contributed by atoms with E-state index in [0.29, 0.717) is 187 Å². The van der Waals surface area contributed by atoms with Crippen LogP contribution < -0.4 is 38.5 Å². The molecule has 125 heavy (non-hydrogen) atoms. The zero-order chi connectivity index (χ0) is 87.3. The van der Waals surface area contributed by atoms with Gasteiger partial charge in [-0.05, 0) is 220 Å². The Hall–Kier alpha value is -8.92. The molecule has 0 saturated heterocycles. The van der Waals surface area contributed by atoms with Gasteiger partial charge in [-0.1, -0.05) is 127 Å². The number of aliphatic hydroxyl groups excluding tert-OH is 2. The number of benzene rings is 6. The minimum Gasteiger partial charge on any atom is -0.493 e. The average Bonchev–Trinajstić information content (AvgIpc) is 0.843. The fourth-order valence-corrected chi connectivity index (χ4v) is 14.1. The molecule has 0 fully saturated rings. The highest BCUT2D eigenvalue weighted by Crippen LogP contribution is 2.40. The Balaban J connectivity index is 0.000000283. The molecule has 2 unspecified atom stereocenters. The SMILES string of the molecule is COc1cc(CCCc2ccc(-c3ccc(OCC4=C=C=C5OCCOCCOCCCC=CCCCOCCOCCOC5C4)cc3)cc2)cc(C)c1OCCCCCCO.COc1cc(CNCc2ccc(-c3ccc(OCC4=C=C=C5OCCOCCOCCCC=CCCCOCCOCCOC5C4)cc3)cc2)cc(OC)c1OCCCCCCO. The van der Waals surface area contributed by atoms with E-state index < -0.39 is 0 Å². The van der Waals surface area contributed by atoms with E-state index in [1.54, 1.807) is 21.3 Å². The molecule has 2 atom stereocenters. The molecule has 4 aliphatic rings. The van der Waals surface area contributed by atoms with Crippen molar-refractivity contribution in [2.45, 2.75) is 167 Å². The van der Waals surface area contributed by atoms with Gasteiger partial charge in [0.1, 0.15) is 50.1 Å². The molecule has 0 spiro atoms. The second-order valence-electron chi connectivity index (χ2n) is 30.9. The predicted octanol–water partition coefficient (Wildman–Crippen LogP) is 18.3. The van der Waals surface area contributed by atoms with Crippen molar-refractivity contribution in [3.05, 3.63) is 219 Å². The molecule has 22 heteroatoms. The second-order valence-corrected chi connectivity index (χ2v) is 30.9. The largest absolute Gasteiger partial charge is 0.493 e. The molecular formula is C103H139NO21. The highest BCUT2D eigenvalue weighted by Gasteiger charge is 2.25. The first kappa shape index (κ1) is 99.9. The number of unbranched alkanes of at least 4 members (excludes halogenated alkanes) is 6. The molecule has 22 nitrogen and oxygen atoms in total. The molecule has 0 amide bonds. The van der Waals surface area contributed by atoms with Gasteiger partial charge in [-0.2, -0.15) is 0 Å². The number of methoxy groups -OCH3 is 3. The highest BCUT2D eigenvalue weighted by molar-refractivity contribution is 5.65. The van der Waals surface area contributed by atoms with E-state index in [1.165, 1.54) is 22.3 Å². The van der Waals surface area contributed by atoms with E-state index in [1.807, 2.05) is 36.4 Å². The lowest BCUT2D eigenvalue weighted by atomic mass is 9.99. The number of aryl methyl sites for hydroxylation is 3. The van der Waals surface area contributed by atoms with Crippen LogP contribution >= 0.6 is 0 Å². The van der Waals surface area contributed by atoms with Gasteiger partial charge in [0.25, 0.3) is 0 Å². The van der Waals surface area contributed by atoms with Crippen molar-refractivity contribution in [3.8, 4) is 62.5 Å². The summed E-state index contributed by atoms with van der Waals surface area (Å²) >= 11 is 0. The fourth-order valence-electron chi connectivity index (χ4n) is 14.1. The number of aliphatic hydroxyl groups is 2. The smallest absolute Gasteiger partial charge is 0.203 e. The van der Waals surface area contributed by atoms with Crippen LogP contribution in [0.4, 0.5) is 0 Å². The van der Waals surface area contributed by atoms with Gasteiger partial charge in [0, 0.05) is 76.7 Å². The molecule has 0 radical (unpaired) electrons. The summed E-state index contributed by atoms with van der Waals surface area (Å²) in [5, 5.41) is 21.5. The van der Waals surface area contributed by atoms with Crippen molar-refractivity contribution in [1.29, 1.82) is 0 Å². The molecule has 0 aromatic heterocycles. The van der Waals surface area contributed by atoms with Crippen LogP contribution in [0.2, 0.25) is 0 Å². The summed E-state index contributed by atoms with van der Waals surface area (Å²) in [5.41, 5.74) is 25.1. The van der Waals surface area contributed by atoms with Crippen LogP contribution in [0.15, 0.2) is 191 Å². The van der Waals surface area contributed by atoms with Gasteiger partial charge in [-0.15, -0.1) is 0 Å². The lowest BCUT2D eigenvalue weighted by Crippen LogP contribution is -2.24. The molecule has 2 aliphatic carbocycles. The van der Waals surface area contributed by atoms with Crippen LogP contribution in [0.5, 0.6) is 40.2 Å². The van der Waals surface area contributed by atoms with Crippen molar-refractivity contribution >= 4 is 0 Å². The average molecular weight is 1730 g/mol. The summed E-state index contributed by atoms with van der Waals surface area (Å²) in [5.74, 6) is 6.31. The number of hydrogen-bond acceptors (Lipinski definition) is 22. The summed E-state index contributed by atoms with van der Waals surface area (Å²) in [7, 11) is 4.99. The third-order valence-electron chi connectivity index (χ3n) is 21.0. The Kier molecular flexibility index (Phi) is 50.4. The van der Waals surface area contributed by atoms with Crippen molar-refractivity contribution in [3.63, 3.8) is 0 Å². The van der Waals surface area contributed by atoms with Crippen molar-refractivity contribution in [1.82, 2.24) is 5.32 Å². The standard InChI is InChI=1S/C52H70O10.C51H69NO11/c1-42-38-44(39-51(54-2)52(42)61-29-12-8-5-9-26-53)15-13-14-43-16-19-46(20-17-43)47-21-23-48(24-22-47)62-41-45-18-25-49-50(40-45)60-37-35-58-33-31-56-28-11-7-4-3-6-10-27-55-30-32-57-34-36-59-49;1-54-49-36-43(37-50(55-2)51(49)62-26-12-8-5-9-23-53)39-52-38-41-13-16-44(17-14-41)45-18-20-46(21-19-45)63-40-42-15-22-47-48(35-42)61-34-32-59-30-28-57-25-11-7-4-3-6-10-24-56-27-29-58-31-33-60-47/h3-4,16-17,19-24,38-39,50,53H,5-15,26-37,40-41H2,1-2H3;3-4,13-14,16-21,36-37,48,52-53H,5-12,23-35,38-40H2,1-2H3. The minimum atomic E-state index is -0.324. The molecule has 6 aromatic carbocycles. The third kappa shape index (κ3) is 40.3. The van der Waals surface area contributed by atoms with Gasteiger partial charge in [0.05, 0.1) is 127 Å². The molecule has 2 aliphatic heterocycles. The number of ether oxygens (including phenoxy) is 19. The number of hydrogen-bond donors (Lipinski definition) is 3. The zero-order valence-corrected chi connectivity index (χ0v) is 74.8. The summed E-state index contributed by atoms with van der Waals surface area (Å²) in [6.45, 7) is 16.5. The zero-order valence-electron chi connectivity index (χ0n) is 74.8. The predicted molar refractivity (Wildman–Crippen MR) is 487 cm³/mol. The van der Waals surface area contributed by atoms with Crippen LogP contribution in [0.1, 0.15) is 150 Å². The molecule has 682 valence electrons. The molecule has 6 aromatic rings. The van der Waals surface area contributed by atoms with Crippen molar-refractivity contribution in [2.24, 2.45) is 0 Å². The molecule has 10 rings (SSSR count). The van der Waals surface area contributed by atoms with Crippen molar-refractivity contribution in [2.75, 3.05) is 193 Å². The summed E-state index contributed by atoms with van der Waals surface area (Å²) in [6, 6.07) is 42.1. The minimum absolute atomic E-state index is 0.228. The van der Waals surface area contributed by atoms with Crippen molar-refractivity contribution < 1.29 is 100 Å². The summed E-state index contributed by atoms with van der Waals surface area (Å²) in [4.78, 5) is 0. The number of fused-ring (bicyclic) bond motifs is 2. The Morgan fingerprint density at radius 1 is 0.344 bits per heavy atom. The van der Waals surface area contributed by atoms with Gasteiger partial charge >= 0.3 is 0 Å². The third-order valence-corrected chi connectivity index (χ3v) is 21.0. The summed E-state index contributed by atoms with van der Waals surface area (Å²) < 4.78 is 112. The molecular weight excluding hydrogens is 1590 g/mol. The Morgan fingerprint density at radius 3 is 1.12 bits per heavy atom. The first-order chi connectivity index (χ1) is 61.8. The van der Waals surface area contributed by atoms with Gasteiger partial charge in [-0.3, -0.25) is 0 Å². The van der Waals surface area contributed by atoms with Gasteiger partial charge < -0.3 is 106 Å². The van der Waals surface area contributed by atoms with E-state index in [2.05, 4.69) is 144 Å². The van der Waals surface area contributed by atoms with Crippen LogP contribution in [-0.2, 0) is 82.8 Å². The lowest BCUT2D eigenvalue weighted by Gasteiger charge is -2.22. The second kappa shape index (κ2) is 63.1. The number of allylic oxidation sites excluding steroid dienone is 4. The van der Waals surface area contributed by atoms with E-state index in [-0.39, 0.29) is 25.4 Å². The first-order valence-corrected chi connectivity index (χ1v) is 45.4. The Labute approximate surface area is 743 Å². The fraction of sp³-hybridized carbons (Fsp3) is 0.534. The number of nitrogens with one attached hydrogen (secondary N) is 1. The Morgan fingerprint density at radius 2 is 0.696 bits per heavy atom. The maximum atomic E-state index is 8.99. The normalized spacial score (nSPS) is 17.7. The highest BCUT2D eigenvalue weighted by atomic mass is 16.6. The van der Waals surface area contributed by atoms with Gasteiger partial charge in [0.2, 0.25) is 5.75 Å². The van der Waals surface area contributed by atoms with Crippen LogP contribution in [0, 0.1) is 6.92 Å². The molecule has 2 heterocycles.